The SMILES string of the molecule is O=C(O)[C@@]1(c2ccccc2)N=C(c2ccccc2)N(Cc2ccccc2)[C@H]1c1ccccc1.[Cl-]. The highest BCUT2D eigenvalue weighted by Crippen LogP contribution is 2.49. The average Bonchev–Trinajstić information content (AvgIpc) is 3.22. The van der Waals surface area contributed by atoms with Gasteiger partial charge in [0.15, 0.2) is 0 Å². The fourth-order valence-corrected chi connectivity index (χ4v) is 4.66. The average molecular weight is 468 g/mol. The molecule has 0 bridgehead atoms. The van der Waals surface area contributed by atoms with Gasteiger partial charge in [-0.05, 0) is 16.7 Å². The van der Waals surface area contributed by atoms with Gasteiger partial charge in [-0.15, -0.1) is 0 Å². The number of aliphatic carboxylic acids is 1. The highest BCUT2D eigenvalue weighted by molar-refractivity contribution is 6.04. The third kappa shape index (κ3) is 4.09. The molecule has 0 amide bonds. The van der Waals surface area contributed by atoms with Gasteiger partial charge in [-0.2, -0.15) is 0 Å². The van der Waals surface area contributed by atoms with Crippen molar-refractivity contribution < 1.29 is 22.3 Å². The molecule has 0 spiro atoms. The minimum atomic E-state index is -1.48. The number of rotatable bonds is 6. The monoisotopic (exact) mass is 467 g/mol. The van der Waals surface area contributed by atoms with E-state index in [0.717, 1.165) is 16.7 Å². The maximum Gasteiger partial charge on any atom is 0.338 e. The van der Waals surface area contributed by atoms with Crippen LogP contribution in [0.2, 0.25) is 0 Å². The Morgan fingerprint density at radius 2 is 1.26 bits per heavy atom. The van der Waals surface area contributed by atoms with Crippen LogP contribution in [0.15, 0.2) is 126 Å². The zero-order chi connectivity index (χ0) is 22.7. The van der Waals surface area contributed by atoms with E-state index < -0.39 is 17.6 Å². The first-order valence-corrected chi connectivity index (χ1v) is 11.0. The predicted molar refractivity (Wildman–Crippen MR) is 130 cm³/mol. The highest BCUT2D eigenvalue weighted by Gasteiger charge is 2.56. The molecular formula is C29H24ClN2O2-. The molecule has 0 saturated heterocycles. The van der Waals surface area contributed by atoms with Crippen molar-refractivity contribution in [3.05, 3.63) is 144 Å². The number of nitrogens with zero attached hydrogens (tertiary/aromatic N) is 2. The summed E-state index contributed by atoms with van der Waals surface area (Å²) in [6, 6.07) is 38.7. The summed E-state index contributed by atoms with van der Waals surface area (Å²) in [6.07, 6.45) is 0. The van der Waals surface area contributed by atoms with Crippen LogP contribution in [0.5, 0.6) is 0 Å². The van der Waals surface area contributed by atoms with E-state index in [1.165, 1.54) is 0 Å². The summed E-state index contributed by atoms with van der Waals surface area (Å²) in [5.41, 5.74) is 2.08. The Morgan fingerprint density at radius 1 is 0.765 bits per heavy atom. The number of amidine groups is 1. The van der Waals surface area contributed by atoms with Crippen LogP contribution in [-0.2, 0) is 16.9 Å². The lowest BCUT2D eigenvalue weighted by Crippen LogP contribution is -3.00. The lowest BCUT2D eigenvalue weighted by molar-refractivity contribution is -0.145. The van der Waals surface area contributed by atoms with Gasteiger partial charge in [0.1, 0.15) is 5.84 Å². The van der Waals surface area contributed by atoms with Crippen molar-refractivity contribution in [3.8, 4) is 0 Å². The van der Waals surface area contributed by atoms with E-state index in [2.05, 4.69) is 17.0 Å². The zero-order valence-electron chi connectivity index (χ0n) is 18.5. The van der Waals surface area contributed by atoms with Crippen molar-refractivity contribution in [2.45, 2.75) is 18.1 Å². The Morgan fingerprint density at radius 3 is 1.82 bits per heavy atom. The predicted octanol–water partition coefficient (Wildman–Crippen LogP) is 2.67. The Balaban J connectivity index is 0.00000274. The van der Waals surface area contributed by atoms with Crippen molar-refractivity contribution in [1.29, 1.82) is 0 Å². The molecule has 34 heavy (non-hydrogen) atoms. The standard InChI is InChI=1S/C29H24N2O2.ClH/c32-28(33)29(25-19-11-4-12-20-25)26(23-15-7-2-8-16-23)31(21-22-13-5-1-6-14-22)27(30-29)24-17-9-3-10-18-24;/h1-20,26H,21H2,(H,32,33);1H/p-1/t26-,29-;/m0./s1. The second-order valence-corrected chi connectivity index (χ2v) is 8.17. The van der Waals surface area contributed by atoms with E-state index in [9.17, 15) is 9.90 Å². The van der Waals surface area contributed by atoms with Gasteiger partial charge in [0, 0.05) is 12.1 Å². The molecular weight excluding hydrogens is 444 g/mol. The second-order valence-electron chi connectivity index (χ2n) is 8.17. The fraction of sp³-hybridized carbons (Fsp3) is 0.103. The fourth-order valence-electron chi connectivity index (χ4n) is 4.66. The van der Waals surface area contributed by atoms with Crippen LogP contribution < -0.4 is 12.4 Å². The Kier molecular flexibility index (Phi) is 6.80. The van der Waals surface area contributed by atoms with E-state index in [4.69, 9.17) is 4.99 Å². The molecule has 0 unspecified atom stereocenters. The summed E-state index contributed by atoms with van der Waals surface area (Å²) in [5, 5.41) is 10.8. The van der Waals surface area contributed by atoms with Gasteiger partial charge in [-0.3, -0.25) is 0 Å². The summed E-state index contributed by atoms with van der Waals surface area (Å²) < 4.78 is 0. The molecule has 0 aromatic heterocycles. The quantitative estimate of drug-likeness (QED) is 0.474. The molecule has 1 aliphatic rings. The summed E-state index contributed by atoms with van der Waals surface area (Å²) in [4.78, 5) is 20.3. The third-order valence-electron chi connectivity index (χ3n) is 6.14. The van der Waals surface area contributed by atoms with E-state index in [0.29, 0.717) is 17.9 Å². The first-order chi connectivity index (χ1) is 16.2. The van der Waals surface area contributed by atoms with Gasteiger partial charge in [0.05, 0.1) is 6.04 Å². The maximum absolute atomic E-state index is 13.1. The number of carboxylic acids is 1. The number of carbonyl (C=O) groups is 1. The molecule has 0 saturated carbocycles. The van der Waals surface area contributed by atoms with Crippen molar-refractivity contribution in [2.24, 2.45) is 4.99 Å². The first kappa shape index (κ1) is 23.3. The van der Waals surface area contributed by atoms with Crippen molar-refractivity contribution >= 4 is 11.8 Å². The molecule has 1 N–H and O–H groups in total. The summed E-state index contributed by atoms with van der Waals surface area (Å²) >= 11 is 0. The van der Waals surface area contributed by atoms with Crippen LogP contribution >= 0.6 is 0 Å². The molecule has 4 aromatic carbocycles. The number of aliphatic imine (C=N–C) groups is 1. The largest absolute Gasteiger partial charge is 1.00 e. The number of carboxylic acid groups (broad SMARTS) is 1. The topological polar surface area (TPSA) is 52.9 Å². The minimum absolute atomic E-state index is 0. The molecule has 5 rings (SSSR count). The Hall–Kier alpha value is -3.89. The van der Waals surface area contributed by atoms with Crippen LogP contribution in [-0.4, -0.2) is 21.8 Å². The second kappa shape index (κ2) is 9.94. The van der Waals surface area contributed by atoms with Crippen LogP contribution in [0.25, 0.3) is 0 Å². The number of hydrogen-bond acceptors (Lipinski definition) is 3. The molecule has 5 heteroatoms. The smallest absolute Gasteiger partial charge is 0.338 e. The molecule has 170 valence electrons. The highest BCUT2D eigenvalue weighted by atomic mass is 35.5. The molecule has 1 heterocycles. The molecule has 0 radical (unpaired) electrons. The van der Waals surface area contributed by atoms with Gasteiger partial charge < -0.3 is 22.4 Å². The molecule has 0 aliphatic carbocycles. The van der Waals surface area contributed by atoms with Crippen molar-refractivity contribution in [3.63, 3.8) is 0 Å². The number of benzene rings is 4. The Bertz CT molecular complexity index is 1260. The summed E-state index contributed by atoms with van der Waals surface area (Å²) in [5.74, 6) is -0.286. The van der Waals surface area contributed by atoms with Gasteiger partial charge in [0.25, 0.3) is 0 Å². The van der Waals surface area contributed by atoms with Crippen LogP contribution in [0.3, 0.4) is 0 Å². The third-order valence-corrected chi connectivity index (χ3v) is 6.14. The maximum atomic E-state index is 13.1. The molecule has 0 fully saturated rings. The van der Waals surface area contributed by atoms with E-state index in [1.54, 1.807) is 0 Å². The van der Waals surface area contributed by atoms with E-state index in [1.807, 2.05) is 109 Å². The lowest BCUT2D eigenvalue weighted by Gasteiger charge is -2.36. The van der Waals surface area contributed by atoms with Gasteiger partial charge >= 0.3 is 5.97 Å². The van der Waals surface area contributed by atoms with Crippen molar-refractivity contribution in [1.82, 2.24) is 4.90 Å². The van der Waals surface area contributed by atoms with Crippen molar-refractivity contribution in [2.75, 3.05) is 0 Å². The summed E-state index contributed by atoms with van der Waals surface area (Å²) in [7, 11) is 0. The molecule has 4 aromatic rings. The molecule has 2 atom stereocenters. The van der Waals surface area contributed by atoms with Crippen LogP contribution in [0.1, 0.15) is 28.3 Å². The van der Waals surface area contributed by atoms with Gasteiger partial charge in [-0.1, -0.05) is 121 Å². The van der Waals surface area contributed by atoms with E-state index in [-0.39, 0.29) is 12.4 Å². The molecule has 1 aliphatic heterocycles. The molecule has 4 nitrogen and oxygen atoms in total. The first-order valence-electron chi connectivity index (χ1n) is 11.0. The minimum Gasteiger partial charge on any atom is -1.00 e. The normalized spacial score (nSPS) is 19.2. The van der Waals surface area contributed by atoms with Gasteiger partial charge in [-0.25, -0.2) is 9.79 Å². The number of halogens is 1. The zero-order valence-corrected chi connectivity index (χ0v) is 19.2. The Labute approximate surface area is 205 Å². The summed E-state index contributed by atoms with van der Waals surface area (Å²) in [6.45, 7) is 0.538. The van der Waals surface area contributed by atoms with Gasteiger partial charge in [0.2, 0.25) is 5.54 Å². The van der Waals surface area contributed by atoms with Crippen LogP contribution in [0.4, 0.5) is 0 Å². The van der Waals surface area contributed by atoms with Crippen LogP contribution in [0, 0.1) is 0 Å². The lowest BCUT2D eigenvalue weighted by atomic mass is 9.80. The van der Waals surface area contributed by atoms with E-state index >= 15 is 0 Å². The number of hydrogen-bond donors (Lipinski definition) is 1.